The van der Waals surface area contributed by atoms with Crippen molar-refractivity contribution in [1.29, 1.82) is 0 Å². The molecule has 0 aliphatic heterocycles. The van der Waals surface area contributed by atoms with Crippen molar-refractivity contribution in [2.75, 3.05) is 6.54 Å². The predicted octanol–water partition coefficient (Wildman–Crippen LogP) is 4.06. The van der Waals surface area contributed by atoms with Gasteiger partial charge in [-0.15, -0.1) is 0 Å². The molecule has 0 fully saturated rings. The lowest BCUT2D eigenvalue weighted by atomic mass is 10.1. The molecule has 3 heteroatoms. The van der Waals surface area contributed by atoms with E-state index in [1.54, 1.807) is 0 Å². The van der Waals surface area contributed by atoms with Crippen LogP contribution in [0.25, 0.3) is 10.9 Å². The Balaban J connectivity index is 2.36. The Bertz CT molecular complexity index is 511. The lowest BCUT2D eigenvalue weighted by Gasteiger charge is -2.15. The molecular formula is C14H17BrN2. The maximum Gasteiger partial charge on any atom is 0.0719 e. The molecule has 1 heterocycles. The van der Waals surface area contributed by atoms with Crippen molar-refractivity contribution in [2.24, 2.45) is 0 Å². The second kappa shape index (κ2) is 5.61. The molecule has 17 heavy (non-hydrogen) atoms. The van der Waals surface area contributed by atoms with E-state index in [9.17, 15) is 0 Å². The van der Waals surface area contributed by atoms with Crippen molar-refractivity contribution in [3.63, 3.8) is 0 Å². The van der Waals surface area contributed by atoms with Crippen LogP contribution < -0.4 is 5.32 Å². The van der Waals surface area contributed by atoms with Gasteiger partial charge < -0.3 is 5.32 Å². The molecule has 0 amide bonds. The van der Waals surface area contributed by atoms with Crippen LogP contribution in [0.5, 0.6) is 0 Å². The minimum atomic E-state index is 0.272. The van der Waals surface area contributed by atoms with E-state index in [0.29, 0.717) is 0 Å². The number of fused-ring (bicyclic) bond motifs is 1. The highest BCUT2D eigenvalue weighted by atomic mass is 79.9. The van der Waals surface area contributed by atoms with Crippen LogP contribution in [0.1, 0.15) is 32.0 Å². The zero-order chi connectivity index (χ0) is 12.3. The molecule has 0 radical (unpaired) electrons. The molecule has 0 bridgehead atoms. The fourth-order valence-corrected chi connectivity index (χ4v) is 2.54. The number of nitrogens with one attached hydrogen (secondary N) is 1. The second-order valence-electron chi connectivity index (χ2n) is 4.22. The Kier molecular flexibility index (Phi) is 4.13. The third-order valence-corrected chi connectivity index (χ3v) is 3.45. The van der Waals surface area contributed by atoms with Gasteiger partial charge in [-0.05, 0) is 48.0 Å². The van der Waals surface area contributed by atoms with Gasteiger partial charge in [-0.2, -0.15) is 0 Å². The van der Waals surface area contributed by atoms with Gasteiger partial charge in [-0.3, -0.25) is 0 Å². The van der Waals surface area contributed by atoms with E-state index in [-0.39, 0.29) is 6.04 Å². The van der Waals surface area contributed by atoms with Crippen LogP contribution in [-0.2, 0) is 0 Å². The van der Waals surface area contributed by atoms with Gasteiger partial charge in [0.05, 0.1) is 11.2 Å². The molecule has 2 aromatic rings. The summed E-state index contributed by atoms with van der Waals surface area (Å²) in [7, 11) is 0. The summed E-state index contributed by atoms with van der Waals surface area (Å²) >= 11 is 3.61. The number of pyridine rings is 1. The third-order valence-electron chi connectivity index (χ3n) is 2.82. The quantitative estimate of drug-likeness (QED) is 0.919. The van der Waals surface area contributed by atoms with Gasteiger partial charge in [-0.25, -0.2) is 4.98 Å². The van der Waals surface area contributed by atoms with E-state index in [4.69, 9.17) is 4.98 Å². The highest BCUT2D eigenvalue weighted by Gasteiger charge is 2.11. The molecule has 1 aromatic heterocycles. The zero-order valence-corrected chi connectivity index (χ0v) is 11.8. The van der Waals surface area contributed by atoms with Crippen molar-refractivity contribution in [3.05, 3.63) is 40.5 Å². The maximum absolute atomic E-state index is 4.72. The topological polar surface area (TPSA) is 24.9 Å². The summed E-state index contributed by atoms with van der Waals surface area (Å²) in [5, 5.41) is 4.63. The first kappa shape index (κ1) is 12.5. The number of aromatic nitrogens is 1. The van der Waals surface area contributed by atoms with Crippen LogP contribution in [0, 0.1) is 0 Å². The molecule has 0 aliphatic carbocycles. The number of rotatable bonds is 4. The number of benzene rings is 1. The van der Waals surface area contributed by atoms with Crippen molar-refractivity contribution < 1.29 is 0 Å². The largest absolute Gasteiger partial charge is 0.309 e. The minimum absolute atomic E-state index is 0.272. The van der Waals surface area contributed by atoms with Crippen molar-refractivity contribution >= 4 is 26.8 Å². The fourth-order valence-electron chi connectivity index (χ4n) is 1.87. The Morgan fingerprint density at radius 1 is 1.35 bits per heavy atom. The minimum Gasteiger partial charge on any atom is -0.309 e. The van der Waals surface area contributed by atoms with Crippen molar-refractivity contribution in [3.8, 4) is 0 Å². The lowest BCUT2D eigenvalue weighted by Crippen LogP contribution is -2.20. The Hall–Kier alpha value is -0.930. The van der Waals surface area contributed by atoms with Crippen LogP contribution in [0.3, 0.4) is 0 Å². The predicted molar refractivity (Wildman–Crippen MR) is 76.2 cm³/mol. The number of hydrogen-bond acceptors (Lipinski definition) is 2. The average molecular weight is 293 g/mol. The molecule has 2 nitrogen and oxygen atoms in total. The summed E-state index contributed by atoms with van der Waals surface area (Å²) in [6, 6.07) is 10.6. The van der Waals surface area contributed by atoms with Crippen LogP contribution in [0.4, 0.5) is 0 Å². The van der Waals surface area contributed by atoms with E-state index in [1.165, 1.54) is 5.39 Å². The summed E-state index contributed by atoms with van der Waals surface area (Å²) in [5.74, 6) is 0. The molecule has 1 atom stereocenters. The standard InChI is InChI=1S/C14H17BrN2/c1-3-8-16-10(2)14-12(15)9-11-6-4-5-7-13(11)17-14/h4-7,9-10,16H,3,8H2,1-2H3. The monoisotopic (exact) mass is 292 g/mol. The van der Waals surface area contributed by atoms with Gasteiger partial charge in [0.2, 0.25) is 0 Å². The molecule has 0 aliphatic rings. The second-order valence-corrected chi connectivity index (χ2v) is 5.08. The summed E-state index contributed by atoms with van der Waals surface area (Å²) < 4.78 is 1.08. The van der Waals surface area contributed by atoms with Crippen LogP contribution in [0.15, 0.2) is 34.8 Å². The Morgan fingerprint density at radius 2 is 2.12 bits per heavy atom. The third kappa shape index (κ3) is 2.85. The zero-order valence-electron chi connectivity index (χ0n) is 10.2. The van der Waals surface area contributed by atoms with Crippen LogP contribution in [0.2, 0.25) is 0 Å². The first-order valence-electron chi connectivity index (χ1n) is 6.01. The van der Waals surface area contributed by atoms with Gasteiger partial charge in [0.1, 0.15) is 0 Å². The Labute approximate surface area is 111 Å². The summed E-state index contributed by atoms with van der Waals surface area (Å²) in [6.07, 6.45) is 1.13. The van der Waals surface area contributed by atoms with Crippen molar-refractivity contribution in [1.82, 2.24) is 10.3 Å². The van der Waals surface area contributed by atoms with Crippen molar-refractivity contribution in [2.45, 2.75) is 26.3 Å². The van der Waals surface area contributed by atoms with Gasteiger partial charge >= 0.3 is 0 Å². The summed E-state index contributed by atoms with van der Waals surface area (Å²) in [6.45, 7) is 5.34. The van der Waals surface area contributed by atoms with E-state index < -0.39 is 0 Å². The van der Waals surface area contributed by atoms with E-state index >= 15 is 0 Å². The SMILES string of the molecule is CCCNC(C)c1nc2ccccc2cc1Br. The molecule has 0 spiro atoms. The van der Waals surface area contributed by atoms with E-state index in [0.717, 1.165) is 28.6 Å². The van der Waals surface area contributed by atoms with Gasteiger partial charge in [0.15, 0.2) is 0 Å². The van der Waals surface area contributed by atoms with Gasteiger partial charge in [0, 0.05) is 15.9 Å². The number of para-hydroxylation sites is 1. The smallest absolute Gasteiger partial charge is 0.0719 e. The Morgan fingerprint density at radius 3 is 2.88 bits per heavy atom. The molecule has 0 saturated heterocycles. The molecule has 1 N–H and O–H groups in total. The maximum atomic E-state index is 4.72. The van der Waals surface area contributed by atoms with Gasteiger partial charge in [-0.1, -0.05) is 25.1 Å². The number of nitrogens with zero attached hydrogens (tertiary/aromatic N) is 1. The number of hydrogen-bond donors (Lipinski definition) is 1. The van der Waals surface area contributed by atoms with E-state index in [2.05, 4.69) is 53.3 Å². The van der Waals surface area contributed by atoms with Crippen LogP contribution >= 0.6 is 15.9 Å². The fraction of sp³-hybridized carbons (Fsp3) is 0.357. The molecule has 1 unspecified atom stereocenters. The normalized spacial score (nSPS) is 12.9. The summed E-state index contributed by atoms with van der Waals surface area (Å²) in [4.78, 5) is 4.72. The summed E-state index contributed by atoms with van der Waals surface area (Å²) in [5.41, 5.74) is 2.13. The molecule has 90 valence electrons. The van der Waals surface area contributed by atoms with E-state index in [1.807, 2.05) is 12.1 Å². The molecular weight excluding hydrogens is 276 g/mol. The highest BCUT2D eigenvalue weighted by molar-refractivity contribution is 9.10. The molecule has 0 saturated carbocycles. The number of halogens is 1. The average Bonchev–Trinajstić information content (AvgIpc) is 2.35. The molecule has 2 rings (SSSR count). The lowest BCUT2D eigenvalue weighted by molar-refractivity contribution is 0.558. The first-order valence-corrected chi connectivity index (χ1v) is 6.80. The van der Waals surface area contributed by atoms with Crippen LogP contribution in [-0.4, -0.2) is 11.5 Å². The first-order chi connectivity index (χ1) is 8.22. The molecule has 1 aromatic carbocycles. The highest BCUT2D eigenvalue weighted by Crippen LogP contribution is 2.25. The van der Waals surface area contributed by atoms with Gasteiger partial charge in [0.25, 0.3) is 0 Å².